The van der Waals surface area contributed by atoms with Gasteiger partial charge in [-0.25, -0.2) is 0 Å². The number of piperidine rings is 3. The highest BCUT2D eigenvalue weighted by Crippen LogP contribution is 2.44. The molecule has 2 aromatic rings. The number of carbonyl (C=O) groups excluding carboxylic acids is 2. The van der Waals surface area contributed by atoms with Crippen LogP contribution in [0.2, 0.25) is 0 Å². The zero-order chi connectivity index (χ0) is 19.0. The Morgan fingerprint density at radius 3 is 2.48 bits per heavy atom. The van der Waals surface area contributed by atoms with Gasteiger partial charge in [0.05, 0.1) is 0 Å². The van der Waals surface area contributed by atoms with Crippen molar-refractivity contribution in [2.24, 2.45) is 11.7 Å². The first-order valence-corrected chi connectivity index (χ1v) is 9.56. The molecule has 1 atom stereocenters. The predicted octanol–water partition coefficient (Wildman–Crippen LogP) is 3.22. The summed E-state index contributed by atoms with van der Waals surface area (Å²) in [5.74, 6) is 0.431. The van der Waals surface area contributed by atoms with Gasteiger partial charge in [-0.2, -0.15) is 0 Å². The van der Waals surface area contributed by atoms with Crippen molar-refractivity contribution in [2.45, 2.75) is 25.7 Å². The molecule has 27 heavy (non-hydrogen) atoms. The highest BCUT2D eigenvalue weighted by Gasteiger charge is 2.37. The largest absolute Gasteiger partial charge is 0.366 e. The Labute approximate surface area is 159 Å². The monoisotopic (exact) mass is 363 g/mol. The maximum absolute atomic E-state index is 12.2. The minimum absolute atomic E-state index is 0.101. The molecule has 3 fully saturated rings. The molecule has 3 N–H and O–H groups in total. The summed E-state index contributed by atoms with van der Waals surface area (Å²) in [6, 6.07) is 13.6. The molecule has 0 aliphatic carbocycles. The highest BCUT2D eigenvalue weighted by molar-refractivity contribution is 5.97. The van der Waals surface area contributed by atoms with E-state index in [0.717, 1.165) is 42.0 Å². The number of rotatable bonds is 4. The Kier molecular flexibility index (Phi) is 4.70. The number of benzene rings is 2. The Morgan fingerprint density at radius 2 is 1.85 bits per heavy atom. The molecule has 0 saturated carbocycles. The van der Waals surface area contributed by atoms with Gasteiger partial charge in [0.1, 0.15) is 0 Å². The van der Waals surface area contributed by atoms with E-state index in [1.807, 2.05) is 36.4 Å². The summed E-state index contributed by atoms with van der Waals surface area (Å²) in [6.45, 7) is 4.77. The van der Waals surface area contributed by atoms with Gasteiger partial charge in [-0.05, 0) is 66.7 Å². The number of anilines is 1. The molecule has 2 amide bonds. The molecule has 5 heteroatoms. The summed E-state index contributed by atoms with van der Waals surface area (Å²) in [5.41, 5.74) is 10.2. The third kappa shape index (κ3) is 3.47. The fraction of sp³-hybridized carbons (Fsp3) is 0.364. The van der Waals surface area contributed by atoms with Gasteiger partial charge in [0.25, 0.3) is 0 Å². The van der Waals surface area contributed by atoms with E-state index in [4.69, 9.17) is 5.73 Å². The molecule has 3 aliphatic heterocycles. The van der Waals surface area contributed by atoms with Gasteiger partial charge in [0, 0.05) is 30.6 Å². The smallest absolute Gasteiger partial charge is 0.249 e. The van der Waals surface area contributed by atoms with Crippen LogP contribution in [0.4, 0.5) is 5.69 Å². The van der Waals surface area contributed by atoms with Crippen LogP contribution >= 0.6 is 0 Å². The van der Waals surface area contributed by atoms with Crippen molar-refractivity contribution in [1.82, 2.24) is 4.90 Å². The van der Waals surface area contributed by atoms with Crippen LogP contribution in [-0.4, -0.2) is 36.3 Å². The number of nitrogens with one attached hydrogen (secondary N) is 1. The van der Waals surface area contributed by atoms with Crippen molar-refractivity contribution in [3.63, 3.8) is 0 Å². The van der Waals surface area contributed by atoms with E-state index in [-0.39, 0.29) is 11.8 Å². The van der Waals surface area contributed by atoms with Crippen LogP contribution in [0.5, 0.6) is 0 Å². The summed E-state index contributed by atoms with van der Waals surface area (Å²) < 4.78 is 0. The minimum Gasteiger partial charge on any atom is -0.366 e. The quantitative estimate of drug-likeness (QED) is 0.876. The van der Waals surface area contributed by atoms with Crippen LogP contribution in [0.3, 0.4) is 0 Å². The third-order valence-corrected chi connectivity index (χ3v) is 5.89. The lowest BCUT2D eigenvalue weighted by Crippen LogP contribution is -2.46. The first-order chi connectivity index (χ1) is 13.0. The second-order valence-electron chi connectivity index (χ2n) is 7.64. The number of amides is 2. The molecule has 0 radical (unpaired) electrons. The minimum atomic E-state index is -0.374. The Morgan fingerprint density at radius 1 is 1.11 bits per heavy atom. The van der Waals surface area contributed by atoms with E-state index < -0.39 is 0 Å². The molecule has 3 heterocycles. The van der Waals surface area contributed by atoms with Gasteiger partial charge in [-0.15, -0.1) is 0 Å². The maximum Gasteiger partial charge on any atom is 0.249 e. The van der Waals surface area contributed by atoms with Crippen LogP contribution in [0.1, 0.15) is 41.6 Å². The summed E-state index contributed by atoms with van der Waals surface area (Å²) in [6.07, 6.45) is 2.34. The highest BCUT2D eigenvalue weighted by atomic mass is 16.1. The summed E-state index contributed by atoms with van der Waals surface area (Å²) in [7, 11) is 0. The van der Waals surface area contributed by atoms with Crippen LogP contribution in [0.25, 0.3) is 11.1 Å². The lowest BCUT2D eigenvalue weighted by molar-refractivity contribution is -0.114. The maximum atomic E-state index is 12.2. The van der Waals surface area contributed by atoms with Crippen LogP contribution in [0.15, 0.2) is 42.5 Å². The van der Waals surface area contributed by atoms with Crippen molar-refractivity contribution in [3.8, 4) is 11.1 Å². The van der Waals surface area contributed by atoms with Crippen LogP contribution in [0, 0.1) is 5.92 Å². The topological polar surface area (TPSA) is 75.4 Å². The average molecular weight is 363 g/mol. The zero-order valence-electron chi connectivity index (χ0n) is 15.6. The van der Waals surface area contributed by atoms with Crippen molar-refractivity contribution in [2.75, 3.05) is 25.0 Å². The van der Waals surface area contributed by atoms with Gasteiger partial charge in [-0.1, -0.05) is 24.3 Å². The summed E-state index contributed by atoms with van der Waals surface area (Å²) in [5, 5.41) is 2.84. The molecule has 5 nitrogen and oxygen atoms in total. The van der Waals surface area contributed by atoms with Gasteiger partial charge < -0.3 is 16.0 Å². The van der Waals surface area contributed by atoms with E-state index in [1.165, 1.54) is 19.8 Å². The molecule has 3 saturated heterocycles. The summed E-state index contributed by atoms with van der Waals surface area (Å²) >= 11 is 0. The molecule has 2 aromatic carbocycles. The van der Waals surface area contributed by atoms with Gasteiger partial charge in [0.15, 0.2) is 0 Å². The fourth-order valence-electron chi connectivity index (χ4n) is 4.69. The molecular weight excluding hydrogens is 338 g/mol. The van der Waals surface area contributed by atoms with Crippen molar-refractivity contribution < 1.29 is 9.59 Å². The van der Waals surface area contributed by atoms with Crippen LogP contribution < -0.4 is 11.1 Å². The van der Waals surface area contributed by atoms with E-state index in [1.54, 1.807) is 0 Å². The first kappa shape index (κ1) is 17.7. The number of carbonyl (C=O) groups is 2. The normalized spacial score (nSPS) is 23.8. The number of nitrogens with zero attached hydrogens (tertiary/aromatic N) is 1. The average Bonchev–Trinajstić information content (AvgIpc) is 2.68. The lowest BCUT2D eigenvalue weighted by Gasteiger charge is -2.46. The van der Waals surface area contributed by atoms with Gasteiger partial charge in [0.2, 0.25) is 11.8 Å². The Balaban J connectivity index is 1.83. The van der Waals surface area contributed by atoms with Gasteiger partial charge >= 0.3 is 0 Å². The molecular formula is C22H25N3O2. The van der Waals surface area contributed by atoms with Crippen molar-refractivity contribution in [3.05, 3.63) is 53.6 Å². The van der Waals surface area contributed by atoms with Crippen molar-refractivity contribution >= 4 is 17.5 Å². The van der Waals surface area contributed by atoms with E-state index in [0.29, 0.717) is 17.4 Å². The van der Waals surface area contributed by atoms with Crippen molar-refractivity contribution in [1.29, 1.82) is 0 Å². The molecule has 2 bridgehead atoms. The number of nitrogens with two attached hydrogens (primary N) is 1. The van der Waals surface area contributed by atoms with Gasteiger partial charge in [-0.3, -0.25) is 9.59 Å². The van der Waals surface area contributed by atoms with E-state index >= 15 is 0 Å². The van der Waals surface area contributed by atoms with Crippen LogP contribution in [-0.2, 0) is 4.79 Å². The lowest BCUT2D eigenvalue weighted by atomic mass is 9.72. The third-order valence-electron chi connectivity index (χ3n) is 5.89. The molecule has 3 aliphatic rings. The fourth-order valence-corrected chi connectivity index (χ4v) is 4.69. The molecule has 1 unspecified atom stereocenters. The standard InChI is InChI=1S/C22H25N3O2/c1-14(26)24-17-5-2-4-16(12-17)18-6-3-7-19(22(23)27)21(18)20-13-25-10-8-15(20)9-11-25/h2-7,12,15,20H,8-11,13H2,1H3,(H2,23,27)(H,24,26). The number of fused-ring (bicyclic) bond motifs is 3. The second-order valence-corrected chi connectivity index (χ2v) is 7.64. The zero-order valence-corrected chi connectivity index (χ0v) is 15.6. The predicted molar refractivity (Wildman–Crippen MR) is 107 cm³/mol. The molecule has 5 rings (SSSR count). The Hall–Kier alpha value is -2.66. The van der Waals surface area contributed by atoms with E-state index in [9.17, 15) is 9.59 Å². The number of hydrogen-bond donors (Lipinski definition) is 2. The number of primary amides is 1. The molecule has 0 aromatic heterocycles. The first-order valence-electron chi connectivity index (χ1n) is 9.56. The van der Waals surface area contributed by atoms with E-state index in [2.05, 4.69) is 16.3 Å². The SMILES string of the molecule is CC(=O)Nc1cccc(-c2cccc(C(N)=O)c2C2CN3CCC2CC3)c1. The molecule has 140 valence electrons. The number of hydrogen-bond acceptors (Lipinski definition) is 3. The second kappa shape index (κ2) is 7.16. The molecule has 0 spiro atoms. The Bertz CT molecular complexity index is 885. The summed E-state index contributed by atoms with van der Waals surface area (Å²) in [4.78, 5) is 26.1.